The number of ether oxygens (including phenoxy) is 2. The van der Waals surface area contributed by atoms with E-state index in [0.717, 1.165) is 13.1 Å². The number of aliphatic hydroxyl groups excluding tert-OH is 1. The molecule has 0 bridgehead atoms. The molecule has 3 aliphatic heterocycles. The Balaban J connectivity index is 1.44. The van der Waals surface area contributed by atoms with E-state index < -0.39 is 39.3 Å². The number of carbonyl (C=O) groups is 2. The number of nitrogens with zero attached hydrogens (tertiary/aromatic N) is 3. The first kappa shape index (κ1) is 28.4. The molecule has 3 heterocycles. The molecular formula is C28H32FN3O7S. The van der Waals surface area contributed by atoms with Crippen molar-refractivity contribution in [1.29, 1.82) is 0 Å². The van der Waals surface area contributed by atoms with Crippen LogP contribution in [0.4, 0.5) is 4.39 Å². The van der Waals surface area contributed by atoms with Crippen molar-refractivity contribution in [2.24, 2.45) is 0 Å². The van der Waals surface area contributed by atoms with Gasteiger partial charge in [0, 0.05) is 44.8 Å². The van der Waals surface area contributed by atoms with Crippen LogP contribution in [0.15, 0.2) is 59.0 Å². The molecule has 214 valence electrons. The molecule has 12 heteroatoms. The molecule has 0 radical (unpaired) electrons. The average Bonchev–Trinajstić information content (AvgIpc) is 3.23. The van der Waals surface area contributed by atoms with Crippen LogP contribution in [0.25, 0.3) is 5.76 Å². The molecule has 2 aromatic carbocycles. The van der Waals surface area contributed by atoms with Gasteiger partial charge in [0.1, 0.15) is 11.6 Å². The minimum Gasteiger partial charge on any atom is -0.507 e. The van der Waals surface area contributed by atoms with Crippen LogP contribution in [-0.2, 0) is 29.1 Å². The van der Waals surface area contributed by atoms with Crippen LogP contribution in [-0.4, -0.2) is 105 Å². The molecule has 1 atom stereocenters. The number of halogens is 1. The maximum absolute atomic E-state index is 13.7. The van der Waals surface area contributed by atoms with E-state index in [0.29, 0.717) is 45.0 Å². The lowest BCUT2D eigenvalue weighted by atomic mass is 9.95. The molecule has 0 saturated carbocycles. The third-order valence-corrected chi connectivity index (χ3v) is 9.35. The number of hydrogen-bond acceptors (Lipinski definition) is 8. The molecule has 3 aliphatic rings. The van der Waals surface area contributed by atoms with Crippen molar-refractivity contribution >= 4 is 27.5 Å². The Morgan fingerprint density at radius 2 is 1.48 bits per heavy atom. The second-order valence-electron chi connectivity index (χ2n) is 9.89. The predicted octanol–water partition coefficient (Wildman–Crippen LogP) is 1.99. The van der Waals surface area contributed by atoms with E-state index in [4.69, 9.17) is 9.47 Å². The average molecular weight is 574 g/mol. The molecule has 3 fully saturated rings. The highest BCUT2D eigenvalue weighted by atomic mass is 32.2. The Hall–Kier alpha value is -3.16. The van der Waals surface area contributed by atoms with Gasteiger partial charge in [0.15, 0.2) is 0 Å². The molecule has 0 unspecified atom stereocenters. The fraction of sp³-hybridized carbons (Fsp3) is 0.429. The van der Waals surface area contributed by atoms with Gasteiger partial charge >= 0.3 is 0 Å². The number of hydrogen-bond donors (Lipinski definition) is 1. The molecule has 1 N–H and O–H groups in total. The number of likely N-dealkylation sites (tertiary alicyclic amines) is 1. The molecular weight excluding hydrogens is 541 g/mol. The van der Waals surface area contributed by atoms with Crippen LogP contribution in [0.5, 0.6) is 0 Å². The predicted molar refractivity (Wildman–Crippen MR) is 143 cm³/mol. The first-order valence-corrected chi connectivity index (χ1v) is 14.7. The highest BCUT2D eigenvalue weighted by Crippen LogP contribution is 2.39. The summed E-state index contributed by atoms with van der Waals surface area (Å²) in [6.07, 6.45) is 0.596. The quantitative estimate of drug-likeness (QED) is 0.290. The van der Waals surface area contributed by atoms with Gasteiger partial charge in [-0.25, -0.2) is 12.8 Å². The zero-order chi connectivity index (χ0) is 28.3. The lowest BCUT2D eigenvalue weighted by Crippen LogP contribution is -2.40. The van der Waals surface area contributed by atoms with Crippen molar-refractivity contribution in [2.45, 2.75) is 17.4 Å². The van der Waals surface area contributed by atoms with E-state index in [1.165, 1.54) is 57.7 Å². The highest BCUT2D eigenvalue weighted by molar-refractivity contribution is 7.89. The van der Waals surface area contributed by atoms with Gasteiger partial charge < -0.3 is 19.5 Å². The van der Waals surface area contributed by atoms with Crippen LogP contribution in [0, 0.1) is 5.82 Å². The van der Waals surface area contributed by atoms with Crippen LogP contribution >= 0.6 is 0 Å². The number of ketones is 1. The number of amides is 1. The molecule has 40 heavy (non-hydrogen) atoms. The summed E-state index contributed by atoms with van der Waals surface area (Å²) < 4.78 is 51.7. The van der Waals surface area contributed by atoms with Crippen LogP contribution in [0.2, 0.25) is 0 Å². The van der Waals surface area contributed by atoms with Crippen LogP contribution in [0.1, 0.15) is 23.6 Å². The lowest BCUT2D eigenvalue weighted by Gasteiger charge is -2.29. The standard InChI is InChI=1S/C28H32FN3O7S/c29-22-6-2-20(3-7-22)25-24(27(34)28(35)32(25)11-1-10-30-12-16-38-17-13-30)26(33)21-4-8-23(9-5-21)40(36,37)31-14-18-39-19-15-31/h2-9,25,33H,1,10-19H2/t25-/m0/s1. The minimum atomic E-state index is -3.75. The normalized spacial score (nSPS) is 22.6. The summed E-state index contributed by atoms with van der Waals surface area (Å²) >= 11 is 0. The Morgan fingerprint density at radius 3 is 2.10 bits per heavy atom. The van der Waals surface area contributed by atoms with E-state index in [1.807, 2.05) is 0 Å². The summed E-state index contributed by atoms with van der Waals surface area (Å²) in [7, 11) is -3.75. The second-order valence-corrected chi connectivity index (χ2v) is 11.8. The number of sulfonamides is 1. The smallest absolute Gasteiger partial charge is 0.295 e. The van der Waals surface area contributed by atoms with Gasteiger partial charge in [0.25, 0.3) is 11.7 Å². The maximum Gasteiger partial charge on any atom is 0.295 e. The van der Waals surface area contributed by atoms with Gasteiger partial charge in [-0.3, -0.25) is 14.5 Å². The largest absolute Gasteiger partial charge is 0.507 e. The van der Waals surface area contributed by atoms with Gasteiger partial charge in [-0.1, -0.05) is 12.1 Å². The molecule has 1 amide bonds. The second kappa shape index (κ2) is 12.1. The number of aliphatic hydroxyl groups is 1. The summed E-state index contributed by atoms with van der Waals surface area (Å²) in [6.45, 7) is 4.96. The van der Waals surface area contributed by atoms with Gasteiger partial charge in [-0.2, -0.15) is 4.31 Å². The summed E-state index contributed by atoms with van der Waals surface area (Å²) in [5.41, 5.74) is 0.561. The van der Waals surface area contributed by atoms with Gasteiger partial charge in [0.05, 0.1) is 42.9 Å². The number of rotatable bonds is 8. The van der Waals surface area contributed by atoms with Crippen molar-refractivity contribution in [3.8, 4) is 0 Å². The molecule has 3 saturated heterocycles. The van der Waals surface area contributed by atoms with Crippen molar-refractivity contribution in [1.82, 2.24) is 14.1 Å². The monoisotopic (exact) mass is 573 g/mol. The van der Waals surface area contributed by atoms with Gasteiger partial charge in [0.2, 0.25) is 10.0 Å². The topological polar surface area (TPSA) is 117 Å². The van der Waals surface area contributed by atoms with Crippen molar-refractivity contribution < 1.29 is 37.0 Å². The van der Waals surface area contributed by atoms with Crippen molar-refractivity contribution in [3.63, 3.8) is 0 Å². The number of morpholine rings is 2. The van der Waals surface area contributed by atoms with Crippen molar-refractivity contribution in [2.75, 3.05) is 65.7 Å². The summed E-state index contributed by atoms with van der Waals surface area (Å²) in [5, 5.41) is 11.3. The minimum absolute atomic E-state index is 0.0459. The van der Waals surface area contributed by atoms with Crippen LogP contribution < -0.4 is 0 Å². The molecule has 5 rings (SSSR count). The third-order valence-electron chi connectivity index (χ3n) is 7.44. The lowest BCUT2D eigenvalue weighted by molar-refractivity contribution is -0.140. The number of benzene rings is 2. The van der Waals surface area contributed by atoms with E-state index in [1.54, 1.807) is 0 Å². The Kier molecular flexibility index (Phi) is 8.62. The Morgan fingerprint density at radius 1 is 0.875 bits per heavy atom. The zero-order valence-electron chi connectivity index (χ0n) is 22.0. The van der Waals surface area contributed by atoms with E-state index in [9.17, 15) is 27.5 Å². The summed E-state index contributed by atoms with van der Waals surface area (Å²) in [5.74, 6) is -2.48. The molecule has 10 nitrogen and oxygen atoms in total. The van der Waals surface area contributed by atoms with Crippen LogP contribution in [0.3, 0.4) is 0 Å². The zero-order valence-corrected chi connectivity index (χ0v) is 22.8. The highest BCUT2D eigenvalue weighted by Gasteiger charge is 2.46. The first-order chi connectivity index (χ1) is 19.3. The Bertz CT molecular complexity index is 1370. The van der Waals surface area contributed by atoms with Gasteiger partial charge in [-0.05, 0) is 48.4 Å². The maximum atomic E-state index is 13.7. The first-order valence-electron chi connectivity index (χ1n) is 13.3. The van der Waals surface area contributed by atoms with E-state index >= 15 is 0 Å². The van der Waals surface area contributed by atoms with E-state index in [2.05, 4.69) is 4.90 Å². The van der Waals surface area contributed by atoms with E-state index in [-0.39, 0.29) is 35.7 Å². The summed E-state index contributed by atoms with van der Waals surface area (Å²) in [6, 6.07) is 10.1. The third kappa shape index (κ3) is 5.81. The summed E-state index contributed by atoms with van der Waals surface area (Å²) in [4.78, 5) is 30.1. The number of Topliss-reactive ketones (excluding diaryl/α,β-unsaturated/α-hetero) is 1. The SMILES string of the molecule is O=C1C(=O)N(CCCN2CCOCC2)[C@@H](c2ccc(F)cc2)C1=C(O)c1ccc(S(=O)(=O)N2CCOCC2)cc1. The van der Waals surface area contributed by atoms with Gasteiger partial charge in [-0.15, -0.1) is 0 Å². The molecule has 0 spiro atoms. The fourth-order valence-corrected chi connectivity index (χ4v) is 6.68. The van der Waals surface area contributed by atoms with Crippen molar-refractivity contribution in [3.05, 3.63) is 71.0 Å². The molecule has 2 aromatic rings. The molecule has 0 aliphatic carbocycles. The molecule has 0 aromatic heterocycles. The fourth-order valence-electron chi connectivity index (χ4n) is 5.27. The number of carbonyl (C=O) groups excluding carboxylic acids is 2. The Labute approximate surface area is 232 Å².